The molecular weight excluding hydrogens is 291 g/mol. The number of nitrogens with zero attached hydrogens (tertiary/aromatic N) is 1. The number of benzene rings is 1. The van der Waals surface area contributed by atoms with E-state index >= 15 is 0 Å². The van der Waals surface area contributed by atoms with Crippen molar-refractivity contribution in [3.05, 3.63) is 47.5 Å². The van der Waals surface area contributed by atoms with E-state index in [1.807, 2.05) is 0 Å². The normalized spacial score (nSPS) is 11.8. The molecule has 22 heavy (non-hydrogen) atoms. The van der Waals surface area contributed by atoms with E-state index in [1.165, 1.54) is 12.1 Å². The molecule has 0 spiro atoms. The van der Waals surface area contributed by atoms with Gasteiger partial charge in [0.2, 0.25) is 0 Å². The third-order valence-corrected chi connectivity index (χ3v) is 2.87. The second kappa shape index (κ2) is 6.84. The summed E-state index contributed by atoms with van der Waals surface area (Å²) in [5.74, 6) is -0.863. The molecule has 0 fully saturated rings. The van der Waals surface area contributed by atoms with Crippen LogP contribution in [-0.4, -0.2) is 23.1 Å². The van der Waals surface area contributed by atoms with E-state index in [2.05, 4.69) is 10.5 Å². The molecule has 0 aliphatic heterocycles. The van der Waals surface area contributed by atoms with Crippen molar-refractivity contribution in [2.45, 2.75) is 26.4 Å². The lowest BCUT2D eigenvalue weighted by atomic mass is 10.2. The molecule has 2 aromatic rings. The van der Waals surface area contributed by atoms with E-state index in [4.69, 9.17) is 9.26 Å². The Labute approximate surface area is 126 Å². The minimum absolute atomic E-state index is 0.171. The monoisotopic (exact) mass is 306 g/mol. The van der Waals surface area contributed by atoms with Gasteiger partial charge in [0.1, 0.15) is 11.6 Å². The molecule has 0 aliphatic carbocycles. The van der Waals surface area contributed by atoms with Gasteiger partial charge in [-0.2, -0.15) is 0 Å². The molecule has 0 aliphatic rings. The van der Waals surface area contributed by atoms with Crippen LogP contribution >= 0.6 is 0 Å². The number of carbonyl (C=O) groups excluding carboxylic acids is 2. The smallest absolute Gasteiger partial charge is 0.338 e. The third-order valence-electron chi connectivity index (χ3n) is 2.87. The first kappa shape index (κ1) is 15.7. The van der Waals surface area contributed by atoms with Crippen LogP contribution in [0.2, 0.25) is 0 Å². The first-order valence-electron chi connectivity index (χ1n) is 6.70. The number of aromatic nitrogens is 1. The van der Waals surface area contributed by atoms with Gasteiger partial charge in [-0.25, -0.2) is 9.18 Å². The van der Waals surface area contributed by atoms with Gasteiger partial charge in [0.15, 0.2) is 11.9 Å². The van der Waals surface area contributed by atoms with Gasteiger partial charge in [0.05, 0.1) is 5.56 Å². The maximum atomic E-state index is 12.8. The van der Waals surface area contributed by atoms with E-state index in [9.17, 15) is 14.0 Å². The van der Waals surface area contributed by atoms with E-state index in [1.54, 1.807) is 19.9 Å². The summed E-state index contributed by atoms with van der Waals surface area (Å²) in [5, 5.41) is 6.13. The van der Waals surface area contributed by atoms with Crippen LogP contribution in [0.5, 0.6) is 0 Å². The maximum absolute atomic E-state index is 12.8. The van der Waals surface area contributed by atoms with Crippen LogP contribution in [0.4, 0.5) is 10.2 Å². The number of rotatable bonds is 5. The van der Waals surface area contributed by atoms with Crippen molar-refractivity contribution < 1.29 is 23.2 Å². The number of hydrogen-bond donors (Lipinski definition) is 1. The van der Waals surface area contributed by atoms with Gasteiger partial charge in [0, 0.05) is 6.07 Å². The molecule has 0 saturated carbocycles. The summed E-state index contributed by atoms with van der Waals surface area (Å²) in [5.41, 5.74) is 0.171. The zero-order valence-electron chi connectivity index (χ0n) is 12.1. The van der Waals surface area contributed by atoms with Crippen molar-refractivity contribution in [1.82, 2.24) is 5.16 Å². The summed E-state index contributed by atoms with van der Waals surface area (Å²) >= 11 is 0. The van der Waals surface area contributed by atoms with Gasteiger partial charge in [-0.15, -0.1) is 0 Å². The highest BCUT2D eigenvalue weighted by molar-refractivity contribution is 5.97. The Hall–Kier alpha value is -2.70. The predicted octanol–water partition coefficient (Wildman–Crippen LogP) is 2.70. The van der Waals surface area contributed by atoms with E-state index < -0.39 is 23.8 Å². The molecule has 1 atom stereocenters. The first-order valence-corrected chi connectivity index (χ1v) is 6.70. The topological polar surface area (TPSA) is 81.4 Å². The Kier molecular flexibility index (Phi) is 4.88. The lowest BCUT2D eigenvalue weighted by molar-refractivity contribution is -0.124. The molecule has 1 N–H and O–H groups in total. The number of esters is 1. The SMILES string of the molecule is CCC(OC(=O)c1ccc(F)cc1)C(=O)Nc1cc(C)on1. The molecule has 1 amide bonds. The number of halogens is 1. The lowest BCUT2D eigenvalue weighted by Gasteiger charge is -2.15. The average molecular weight is 306 g/mol. The van der Waals surface area contributed by atoms with Crippen molar-refractivity contribution in [2.24, 2.45) is 0 Å². The first-order chi connectivity index (χ1) is 10.5. The minimum Gasteiger partial charge on any atom is -0.449 e. The highest BCUT2D eigenvalue weighted by atomic mass is 19.1. The van der Waals surface area contributed by atoms with Crippen LogP contribution in [0.3, 0.4) is 0 Å². The van der Waals surface area contributed by atoms with Gasteiger partial charge in [0.25, 0.3) is 5.91 Å². The number of nitrogens with one attached hydrogen (secondary N) is 1. The molecule has 0 radical (unpaired) electrons. The molecule has 1 unspecified atom stereocenters. The Bertz CT molecular complexity index is 666. The quantitative estimate of drug-likeness (QED) is 0.859. The third kappa shape index (κ3) is 3.91. The zero-order chi connectivity index (χ0) is 16.1. The van der Waals surface area contributed by atoms with Crippen molar-refractivity contribution in [2.75, 3.05) is 5.32 Å². The van der Waals surface area contributed by atoms with Crippen LogP contribution < -0.4 is 5.32 Å². The Morgan fingerprint density at radius 1 is 1.36 bits per heavy atom. The van der Waals surface area contributed by atoms with Gasteiger partial charge in [-0.3, -0.25) is 4.79 Å². The Morgan fingerprint density at radius 3 is 2.59 bits per heavy atom. The summed E-state index contributed by atoms with van der Waals surface area (Å²) in [7, 11) is 0. The highest BCUT2D eigenvalue weighted by Gasteiger charge is 2.23. The zero-order valence-corrected chi connectivity index (χ0v) is 12.1. The molecular formula is C15H15FN2O4. The van der Waals surface area contributed by atoms with Crippen LogP contribution in [0, 0.1) is 12.7 Å². The molecule has 116 valence electrons. The van der Waals surface area contributed by atoms with E-state index in [0.29, 0.717) is 5.76 Å². The number of amides is 1. The number of anilines is 1. The van der Waals surface area contributed by atoms with Gasteiger partial charge in [-0.1, -0.05) is 12.1 Å². The summed E-state index contributed by atoms with van der Waals surface area (Å²) < 4.78 is 22.8. The van der Waals surface area contributed by atoms with Gasteiger partial charge in [-0.05, 0) is 37.6 Å². The fourth-order valence-electron chi connectivity index (χ4n) is 1.74. The number of ether oxygens (including phenoxy) is 1. The second-order valence-electron chi connectivity index (χ2n) is 4.62. The standard InChI is InChI=1S/C15H15FN2O4/c1-3-12(14(19)17-13-8-9(2)22-18-13)21-15(20)10-4-6-11(16)7-5-10/h4-8,12H,3H2,1-2H3,(H,17,18,19). The fourth-order valence-corrected chi connectivity index (χ4v) is 1.74. The summed E-state index contributed by atoms with van der Waals surface area (Å²) in [4.78, 5) is 24.0. The highest BCUT2D eigenvalue weighted by Crippen LogP contribution is 2.12. The van der Waals surface area contributed by atoms with Gasteiger partial charge < -0.3 is 14.6 Å². The molecule has 0 saturated heterocycles. The maximum Gasteiger partial charge on any atom is 0.338 e. The van der Waals surface area contributed by atoms with Crippen LogP contribution in [-0.2, 0) is 9.53 Å². The second-order valence-corrected chi connectivity index (χ2v) is 4.62. The van der Waals surface area contributed by atoms with Crippen LogP contribution in [0.1, 0.15) is 29.5 Å². The fraction of sp³-hybridized carbons (Fsp3) is 0.267. The van der Waals surface area contributed by atoms with Crippen molar-refractivity contribution in [3.63, 3.8) is 0 Å². The van der Waals surface area contributed by atoms with Crippen molar-refractivity contribution in [1.29, 1.82) is 0 Å². The van der Waals surface area contributed by atoms with Gasteiger partial charge >= 0.3 is 5.97 Å². The molecule has 1 aromatic heterocycles. The Morgan fingerprint density at radius 2 is 2.05 bits per heavy atom. The minimum atomic E-state index is -0.977. The molecule has 1 heterocycles. The number of hydrogen-bond acceptors (Lipinski definition) is 5. The Balaban J connectivity index is 2.00. The lowest BCUT2D eigenvalue weighted by Crippen LogP contribution is -2.32. The molecule has 0 bridgehead atoms. The number of carbonyl (C=O) groups is 2. The molecule has 7 heteroatoms. The number of aryl methyl sites for hydroxylation is 1. The summed E-state index contributed by atoms with van der Waals surface area (Å²) in [6, 6.07) is 6.44. The van der Waals surface area contributed by atoms with Crippen molar-refractivity contribution >= 4 is 17.7 Å². The van der Waals surface area contributed by atoms with Crippen LogP contribution in [0.15, 0.2) is 34.9 Å². The predicted molar refractivity (Wildman–Crippen MR) is 75.8 cm³/mol. The van der Waals surface area contributed by atoms with Crippen LogP contribution in [0.25, 0.3) is 0 Å². The largest absolute Gasteiger partial charge is 0.449 e. The van der Waals surface area contributed by atoms with E-state index in [-0.39, 0.29) is 17.8 Å². The van der Waals surface area contributed by atoms with E-state index in [0.717, 1.165) is 12.1 Å². The molecule has 2 rings (SSSR count). The average Bonchev–Trinajstić information content (AvgIpc) is 2.90. The van der Waals surface area contributed by atoms with Crippen molar-refractivity contribution in [3.8, 4) is 0 Å². The molecule has 6 nitrogen and oxygen atoms in total. The summed E-state index contributed by atoms with van der Waals surface area (Å²) in [6.07, 6.45) is -0.690. The molecule has 1 aromatic carbocycles. The summed E-state index contributed by atoms with van der Waals surface area (Å²) in [6.45, 7) is 3.39.